The normalized spacial score (nSPS) is 10.3. The molecule has 0 heterocycles. The van der Waals surface area contributed by atoms with E-state index in [0.717, 1.165) is 6.07 Å². The number of alkyl halides is 2. The summed E-state index contributed by atoms with van der Waals surface area (Å²) < 4.78 is 0. The van der Waals surface area contributed by atoms with Crippen LogP contribution in [0.2, 0.25) is 0 Å². The number of anilines is 1. The lowest BCUT2D eigenvalue weighted by atomic mass is 10.1. The van der Waals surface area contributed by atoms with Crippen LogP contribution >= 0.6 is 23.2 Å². The Labute approximate surface area is 134 Å². The van der Waals surface area contributed by atoms with Crippen LogP contribution in [0, 0.1) is 20.2 Å². The van der Waals surface area contributed by atoms with Gasteiger partial charge in [0.15, 0.2) is 0 Å². The van der Waals surface area contributed by atoms with Gasteiger partial charge in [-0.1, -0.05) is 0 Å². The van der Waals surface area contributed by atoms with Gasteiger partial charge in [-0.2, -0.15) is 0 Å². The second-order valence-corrected chi connectivity index (χ2v) is 4.80. The number of nitro benzene ring substituents is 2. The number of hydrogen-bond acceptors (Lipinski definition) is 6. The number of rotatable bonds is 8. The molecule has 1 N–H and O–H groups in total. The summed E-state index contributed by atoms with van der Waals surface area (Å²) in [5, 5.41) is 31.1. The Hall–Kier alpha value is -2.13. The van der Waals surface area contributed by atoms with E-state index in [2.05, 4.69) is 0 Å². The number of halogens is 2. The molecule has 11 heteroatoms. The van der Waals surface area contributed by atoms with E-state index in [-0.39, 0.29) is 30.5 Å². The molecule has 1 aromatic carbocycles. The van der Waals surface area contributed by atoms with E-state index in [4.69, 9.17) is 28.3 Å². The van der Waals surface area contributed by atoms with Crippen molar-refractivity contribution < 1.29 is 19.7 Å². The highest BCUT2D eigenvalue weighted by Crippen LogP contribution is 2.35. The number of nitro groups is 2. The highest BCUT2D eigenvalue weighted by atomic mass is 35.5. The van der Waals surface area contributed by atoms with E-state index in [1.807, 2.05) is 0 Å². The van der Waals surface area contributed by atoms with Crippen LogP contribution in [-0.4, -0.2) is 45.8 Å². The number of carboxylic acid groups (broad SMARTS) is 1. The summed E-state index contributed by atoms with van der Waals surface area (Å²) in [6, 6.07) is 1.53. The number of carbonyl (C=O) groups is 1. The number of benzene rings is 1. The lowest BCUT2D eigenvalue weighted by Crippen LogP contribution is -2.28. The average molecular weight is 352 g/mol. The summed E-state index contributed by atoms with van der Waals surface area (Å²) >= 11 is 11.2. The van der Waals surface area contributed by atoms with Crippen LogP contribution < -0.4 is 4.90 Å². The van der Waals surface area contributed by atoms with Crippen molar-refractivity contribution >= 4 is 46.2 Å². The molecule has 22 heavy (non-hydrogen) atoms. The fourth-order valence-electron chi connectivity index (χ4n) is 1.84. The molecule has 0 aliphatic carbocycles. The van der Waals surface area contributed by atoms with Gasteiger partial charge in [0.2, 0.25) is 0 Å². The molecule has 9 nitrogen and oxygen atoms in total. The zero-order chi connectivity index (χ0) is 16.9. The lowest BCUT2D eigenvalue weighted by molar-refractivity contribution is -0.393. The van der Waals surface area contributed by atoms with Gasteiger partial charge in [-0.05, 0) is 6.07 Å². The van der Waals surface area contributed by atoms with Gasteiger partial charge >= 0.3 is 5.97 Å². The van der Waals surface area contributed by atoms with Crippen molar-refractivity contribution in [1.29, 1.82) is 0 Å². The third kappa shape index (κ3) is 3.95. The Bertz CT molecular complexity index is 604. The number of hydrogen-bond donors (Lipinski definition) is 1. The third-order valence-electron chi connectivity index (χ3n) is 2.77. The zero-order valence-electron chi connectivity index (χ0n) is 11.1. The molecular weight excluding hydrogens is 341 g/mol. The number of aromatic carboxylic acids is 1. The molecule has 1 rings (SSSR count). The maximum atomic E-state index is 11.2. The Morgan fingerprint density at radius 3 is 1.95 bits per heavy atom. The highest BCUT2D eigenvalue weighted by Gasteiger charge is 2.30. The van der Waals surface area contributed by atoms with Crippen LogP contribution in [-0.2, 0) is 0 Å². The minimum atomic E-state index is -1.56. The predicted octanol–water partition coefficient (Wildman–Crippen LogP) is 2.49. The molecule has 0 aliphatic rings. The van der Waals surface area contributed by atoms with Crippen molar-refractivity contribution in [3.05, 3.63) is 37.9 Å². The van der Waals surface area contributed by atoms with E-state index in [1.54, 1.807) is 0 Å². The fraction of sp³-hybridized carbons (Fsp3) is 0.364. The van der Waals surface area contributed by atoms with Crippen molar-refractivity contribution in [3.8, 4) is 0 Å². The standard InChI is InChI=1S/C11H11Cl2N3O6/c12-1-3-14(4-2-13)9-5-7(11(17)18)8(15(19)20)6-10(9)16(21)22/h5-6H,1-4H2,(H,17,18). The second kappa shape index (κ2) is 7.76. The first kappa shape index (κ1) is 17.9. The van der Waals surface area contributed by atoms with Gasteiger partial charge in [0.05, 0.1) is 15.9 Å². The van der Waals surface area contributed by atoms with Gasteiger partial charge in [0, 0.05) is 24.8 Å². The molecular formula is C11H11Cl2N3O6. The van der Waals surface area contributed by atoms with Crippen molar-refractivity contribution in [3.63, 3.8) is 0 Å². The summed E-state index contributed by atoms with van der Waals surface area (Å²) in [7, 11) is 0. The first-order valence-corrected chi connectivity index (χ1v) is 6.97. The third-order valence-corrected chi connectivity index (χ3v) is 3.10. The molecule has 0 aliphatic heterocycles. The van der Waals surface area contributed by atoms with Crippen LogP contribution in [0.1, 0.15) is 10.4 Å². The number of nitrogens with zero attached hydrogens (tertiary/aromatic N) is 3. The van der Waals surface area contributed by atoms with E-state index in [9.17, 15) is 25.0 Å². The second-order valence-electron chi connectivity index (χ2n) is 4.04. The molecule has 0 saturated carbocycles. The summed E-state index contributed by atoms with van der Waals surface area (Å²) in [4.78, 5) is 32.8. The Balaban J connectivity index is 3.59. The molecule has 0 unspecified atom stereocenters. The maximum Gasteiger partial charge on any atom is 0.342 e. The highest BCUT2D eigenvalue weighted by molar-refractivity contribution is 6.18. The Morgan fingerprint density at radius 1 is 1.09 bits per heavy atom. The van der Waals surface area contributed by atoms with Gasteiger partial charge in [0.25, 0.3) is 11.4 Å². The van der Waals surface area contributed by atoms with E-state index in [0.29, 0.717) is 6.07 Å². The van der Waals surface area contributed by atoms with E-state index >= 15 is 0 Å². The van der Waals surface area contributed by atoms with Crippen molar-refractivity contribution in [2.45, 2.75) is 0 Å². The van der Waals surface area contributed by atoms with Crippen molar-refractivity contribution in [2.24, 2.45) is 0 Å². The van der Waals surface area contributed by atoms with Crippen molar-refractivity contribution in [1.82, 2.24) is 0 Å². The maximum absolute atomic E-state index is 11.2. The quantitative estimate of drug-likeness (QED) is 0.432. The SMILES string of the molecule is O=C(O)c1cc(N(CCCl)CCCl)c([N+](=O)[O-])cc1[N+](=O)[O-]. The predicted molar refractivity (Wildman–Crippen MR) is 80.4 cm³/mol. The van der Waals surface area contributed by atoms with Gasteiger partial charge in [-0.25, -0.2) is 4.79 Å². The average Bonchev–Trinajstić information content (AvgIpc) is 2.45. The molecule has 1 aromatic rings. The topological polar surface area (TPSA) is 127 Å². The summed E-state index contributed by atoms with van der Waals surface area (Å²) in [5.74, 6) is -1.32. The minimum absolute atomic E-state index is 0.0747. The summed E-state index contributed by atoms with van der Waals surface area (Å²) in [6.07, 6.45) is 0. The monoisotopic (exact) mass is 351 g/mol. The van der Waals surface area contributed by atoms with Crippen LogP contribution in [0.15, 0.2) is 12.1 Å². The molecule has 0 aromatic heterocycles. The van der Waals surface area contributed by atoms with E-state index < -0.39 is 32.8 Å². The number of carboxylic acids is 1. The first-order valence-electron chi connectivity index (χ1n) is 5.90. The van der Waals surface area contributed by atoms with Crippen molar-refractivity contribution in [2.75, 3.05) is 29.7 Å². The summed E-state index contributed by atoms with van der Waals surface area (Å²) in [6.45, 7) is 0.345. The van der Waals surface area contributed by atoms with Crippen LogP contribution in [0.5, 0.6) is 0 Å². The first-order chi connectivity index (χ1) is 10.3. The van der Waals surface area contributed by atoms with Crippen LogP contribution in [0.25, 0.3) is 0 Å². The molecule has 0 saturated heterocycles. The molecule has 0 spiro atoms. The molecule has 0 amide bonds. The van der Waals surface area contributed by atoms with Crippen LogP contribution in [0.3, 0.4) is 0 Å². The lowest BCUT2D eigenvalue weighted by Gasteiger charge is -2.22. The zero-order valence-corrected chi connectivity index (χ0v) is 12.6. The molecule has 0 atom stereocenters. The fourth-order valence-corrected chi connectivity index (χ4v) is 2.25. The molecule has 120 valence electrons. The smallest absolute Gasteiger partial charge is 0.342 e. The van der Waals surface area contributed by atoms with Gasteiger partial charge in [-0.3, -0.25) is 20.2 Å². The summed E-state index contributed by atoms with van der Waals surface area (Å²) in [5.41, 5.74) is -2.14. The molecule has 0 radical (unpaired) electrons. The largest absolute Gasteiger partial charge is 0.477 e. The minimum Gasteiger partial charge on any atom is -0.477 e. The molecule has 0 bridgehead atoms. The molecule has 0 fully saturated rings. The van der Waals surface area contributed by atoms with Gasteiger partial charge in [0.1, 0.15) is 11.3 Å². The van der Waals surface area contributed by atoms with Gasteiger partial charge in [-0.15, -0.1) is 23.2 Å². The van der Waals surface area contributed by atoms with Crippen LogP contribution in [0.4, 0.5) is 17.1 Å². The van der Waals surface area contributed by atoms with Gasteiger partial charge < -0.3 is 10.0 Å². The Morgan fingerprint density at radius 2 is 1.59 bits per heavy atom. The van der Waals surface area contributed by atoms with E-state index in [1.165, 1.54) is 4.90 Å². The Kier molecular flexibility index (Phi) is 6.32.